The van der Waals surface area contributed by atoms with Gasteiger partial charge >= 0.3 is 6.18 Å². The van der Waals surface area contributed by atoms with Gasteiger partial charge in [0.25, 0.3) is 0 Å². The smallest absolute Gasteiger partial charge is 0.392 e. The Morgan fingerprint density at radius 2 is 2.00 bits per heavy atom. The second-order valence-electron chi connectivity index (χ2n) is 7.59. The van der Waals surface area contributed by atoms with Crippen LogP contribution in [-0.2, 0) is 6.42 Å². The number of benzene rings is 1. The van der Waals surface area contributed by atoms with Gasteiger partial charge in [-0.15, -0.1) is 0 Å². The molecule has 2 heterocycles. The summed E-state index contributed by atoms with van der Waals surface area (Å²) in [6, 6.07) is 4.85. The van der Waals surface area contributed by atoms with E-state index in [1.165, 1.54) is 0 Å². The van der Waals surface area contributed by atoms with Gasteiger partial charge in [0, 0.05) is 41.7 Å². The Morgan fingerprint density at radius 1 is 1.22 bits per heavy atom. The van der Waals surface area contributed by atoms with E-state index >= 15 is 0 Å². The van der Waals surface area contributed by atoms with Crippen molar-refractivity contribution >= 4 is 5.69 Å². The van der Waals surface area contributed by atoms with Crippen LogP contribution in [0.3, 0.4) is 0 Å². The molecule has 1 aromatic heterocycles. The lowest BCUT2D eigenvalue weighted by Gasteiger charge is -2.35. The molecule has 2 aliphatic rings. The van der Waals surface area contributed by atoms with Crippen molar-refractivity contribution in [3.63, 3.8) is 0 Å². The molecule has 1 unspecified atom stereocenters. The molecule has 1 aliphatic heterocycles. The van der Waals surface area contributed by atoms with Gasteiger partial charge in [-0.05, 0) is 44.7 Å². The average molecular weight is 379 g/mol. The minimum Gasteiger partial charge on any atom is -0.492 e. The molecule has 146 valence electrons. The molecule has 0 spiro atoms. The number of rotatable bonds is 5. The van der Waals surface area contributed by atoms with Gasteiger partial charge in [0.05, 0.1) is 25.3 Å². The molecule has 0 radical (unpaired) electrons. The van der Waals surface area contributed by atoms with Crippen LogP contribution in [0.4, 0.5) is 18.9 Å². The zero-order valence-corrected chi connectivity index (χ0v) is 15.6. The first kappa shape index (κ1) is 18.2. The van der Waals surface area contributed by atoms with Gasteiger partial charge in [-0.3, -0.25) is 4.68 Å². The van der Waals surface area contributed by atoms with Gasteiger partial charge in [0.2, 0.25) is 0 Å². The van der Waals surface area contributed by atoms with Crippen molar-refractivity contribution in [2.75, 3.05) is 18.6 Å². The van der Waals surface area contributed by atoms with E-state index in [0.29, 0.717) is 17.8 Å². The third-order valence-electron chi connectivity index (χ3n) is 5.55. The van der Waals surface area contributed by atoms with Crippen LogP contribution < -0.4 is 9.64 Å². The van der Waals surface area contributed by atoms with Gasteiger partial charge in [-0.1, -0.05) is 0 Å². The SMILES string of the molecule is CC1CCc2c(ccc(-c3cnn(C4CC4)c3)c2OCCC(F)(F)F)N1C. The normalized spacial score (nSPS) is 19.9. The second-order valence-corrected chi connectivity index (χ2v) is 7.59. The zero-order chi connectivity index (χ0) is 19.2. The summed E-state index contributed by atoms with van der Waals surface area (Å²) < 4.78 is 45.6. The molecule has 1 saturated carbocycles. The Kier molecular flexibility index (Phi) is 4.56. The number of hydrogen-bond acceptors (Lipinski definition) is 3. The Balaban J connectivity index is 1.70. The number of aromatic nitrogens is 2. The Labute approximate surface area is 156 Å². The molecule has 1 fully saturated rings. The van der Waals surface area contributed by atoms with Gasteiger partial charge in [-0.25, -0.2) is 0 Å². The molecule has 0 bridgehead atoms. The molecule has 1 aromatic carbocycles. The van der Waals surface area contributed by atoms with Crippen molar-refractivity contribution < 1.29 is 17.9 Å². The van der Waals surface area contributed by atoms with E-state index in [1.54, 1.807) is 6.20 Å². The van der Waals surface area contributed by atoms with Crippen molar-refractivity contribution in [1.82, 2.24) is 9.78 Å². The zero-order valence-electron chi connectivity index (χ0n) is 15.6. The molecular weight excluding hydrogens is 355 g/mol. The number of alkyl halides is 3. The van der Waals surface area contributed by atoms with Crippen LogP contribution in [0.1, 0.15) is 44.2 Å². The summed E-state index contributed by atoms with van der Waals surface area (Å²) in [7, 11) is 2.02. The minimum absolute atomic E-state index is 0.372. The van der Waals surface area contributed by atoms with Crippen LogP contribution in [0.2, 0.25) is 0 Å². The maximum Gasteiger partial charge on any atom is 0.392 e. The number of halogens is 3. The molecule has 4 nitrogen and oxygen atoms in total. The van der Waals surface area contributed by atoms with Crippen molar-refractivity contribution in [2.24, 2.45) is 0 Å². The van der Waals surface area contributed by atoms with Crippen LogP contribution in [0.25, 0.3) is 11.1 Å². The van der Waals surface area contributed by atoms with Crippen LogP contribution >= 0.6 is 0 Å². The Bertz CT molecular complexity index is 826. The summed E-state index contributed by atoms with van der Waals surface area (Å²) >= 11 is 0. The third kappa shape index (κ3) is 3.77. The van der Waals surface area contributed by atoms with Crippen LogP contribution in [0, 0.1) is 0 Å². The first-order chi connectivity index (χ1) is 12.8. The molecule has 4 rings (SSSR count). The number of hydrogen-bond donors (Lipinski definition) is 0. The predicted octanol–water partition coefficient (Wildman–Crippen LogP) is 4.99. The number of ether oxygens (including phenoxy) is 1. The van der Waals surface area contributed by atoms with E-state index in [0.717, 1.165) is 48.1 Å². The summed E-state index contributed by atoms with van der Waals surface area (Å²) in [5.74, 6) is 0.575. The largest absolute Gasteiger partial charge is 0.492 e. The van der Waals surface area contributed by atoms with Crippen LogP contribution in [0.5, 0.6) is 5.75 Å². The lowest BCUT2D eigenvalue weighted by Crippen LogP contribution is -2.33. The maximum absolute atomic E-state index is 12.6. The predicted molar refractivity (Wildman–Crippen MR) is 98.3 cm³/mol. The van der Waals surface area contributed by atoms with E-state index in [1.807, 2.05) is 30.1 Å². The first-order valence-corrected chi connectivity index (χ1v) is 9.46. The van der Waals surface area contributed by atoms with E-state index in [2.05, 4.69) is 16.9 Å². The van der Waals surface area contributed by atoms with Gasteiger partial charge in [-0.2, -0.15) is 18.3 Å². The second kappa shape index (κ2) is 6.77. The minimum atomic E-state index is -4.23. The fraction of sp³-hybridized carbons (Fsp3) is 0.550. The lowest BCUT2D eigenvalue weighted by molar-refractivity contribution is -0.139. The Hall–Kier alpha value is -2.18. The Morgan fingerprint density at radius 3 is 2.70 bits per heavy atom. The summed E-state index contributed by atoms with van der Waals surface area (Å²) in [6.07, 6.45) is 2.58. The van der Waals surface area contributed by atoms with Gasteiger partial charge in [0.1, 0.15) is 5.75 Å². The standard InChI is InChI=1S/C20H24F3N3O/c1-13-3-6-17-18(25(13)2)8-7-16(19(17)27-10-9-20(21,22)23)14-11-24-26(12-14)15-4-5-15/h7-8,11-13,15H,3-6,9-10H2,1-2H3. The maximum atomic E-state index is 12.6. The highest BCUT2D eigenvalue weighted by molar-refractivity contribution is 5.77. The van der Waals surface area contributed by atoms with Crippen molar-refractivity contribution in [3.05, 3.63) is 30.1 Å². The van der Waals surface area contributed by atoms with Crippen LogP contribution in [0.15, 0.2) is 24.5 Å². The highest BCUT2D eigenvalue weighted by atomic mass is 19.4. The van der Waals surface area contributed by atoms with Crippen LogP contribution in [-0.4, -0.2) is 35.7 Å². The molecule has 0 saturated heterocycles. The van der Waals surface area contributed by atoms with E-state index in [4.69, 9.17) is 4.74 Å². The highest BCUT2D eigenvalue weighted by Gasteiger charge is 2.30. The third-order valence-corrected chi connectivity index (χ3v) is 5.55. The molecule has 7 heteroatoms. The summed E-state index contributed by atoms with van der Waals surface area (Å²) in [4.78, 5) is 2.17. The average Bonchev–Trinajstić information content (AvgIpc) is 3.35. The highest BCUT2D eigenvalue weighted by Crippen LogP contribution is 2.43. The molecule has 2 aromatic rings. The number of nitrogens with zero attached hydrogens (tertiary/aromatic N) is 3. The molecule has 27 heavy (non-hydrogen) atoms. The molecular formula is C20H24F3N3O. The first-order valence-electron chi connectivity index (χ1n) is 9.46. The quantitative estimate of drug-likeness (QED) is 0.733. The van der Waals surface area contributed by atoms with Gasteiger partial charge < -0.3 is 9.64 Å². The molecule has 1 aliphatic carbocycles. The van der Waals surface area contributed by atoms with E-state index in [9.17, 15) is 13.2 Å². The van der Waals surface area contributed by atoms with Crippen molar-refractivity contribution in [3.8, 4) is 16.9 Å². The molecule has 0 N–H and O–H groups in total. The molecule has 0 amide bonds. The number of anilines is 1. The lowest BCUT2D eigenvalue weighted by atomic mass is 9.93. The summed E-state index contributed by atoms with van der Waals surface area (Å²) in [5.41, 5.74) is 3.75. The van der Waals surface area contributed by atoms with Crippen molar-refractivity contribution in [1.29, 1.82) is 0 Å². The number of fused-ring (bicyclic) bond motifs is 1. The fourth-order valence-electron chi connectivity index (χ4n) is 3.65. The monoisotopic (exact) mass is 379 g/mol. The summed E-state index contributed by atoms with van der Waals surface area (Å²) in [5, 5.41) is 4.42. The fourth-order valence-corrected chi connectivity index (χ4v) is 3.65. The van der Waals surface area contributed by atoms with E-state index < -0.39 is 12.6 Å². The van der Waals surface area contributed by atoms with Gasteiger partial charge in [0.15, 0.2) is 0 Å². The molecule has 1 atom stereocenters. The van der Waals surface area contributed by atoms with E-state index in [-0.39, 0.29) is 6.61 Å². The topological polar surface area (TPSA) is 30.3 Å². The summed E-state index contributed by atoms with van der Waals surface area (Å²) in [6.45, 7) is 1.78. The van der Waals surface area contributed by atoms with Crippen molar-refractivity contribution in [2.45, 2.75) is 57.3 Å².